The Morgan fingerprint density at radius 1 is 1.10 bits per heavy atom. The highest BCUT2D eigenvalue weighted by molar-refractivity contribution is 5.90. The third-order valence-corrected chi connectivity index (χ3v) is 3.37. The number of rotatable bonds is 9. The number of carbonyl (C=O) groups is 3. The second kappa shape index (κ2) is 11.7. The van der Waals surface area contributed by atoms with Crippen molar-refractivity contribution < 1.29 is 28.6 Å². The van der Waals surface area contributed by atoms with Gasteiger partial charge < -0.3 is 14.2 Å². The van der Waals surface area contributed by atoms with E-state index in [1.165, 1.54) is 12.3 Å². The monoisotopic (exact) mass is 403 g/mol. The van der Waals surface area contributed by atoms with Crippen molar-refractivity contribution in [1.29, 1.82) is 0 Å². The van der Waals surface area contributed by atoms with Gasteiger partial charge >= 0.3 is 18.0 Å². The van der Waals surface area contributed by atoms with Crippen molar-refractivity contribution in [1.82, 2.24) is 4.90 Å². The first-order valence-corrected chi connectivity index (χ1v) is 9.34. The Kier molecular flexibility index (Phi) is 9.65. The molecule has 158 valence electrons. The highest BCUT2D eigenvalue weighted by atomic mass is 16.6. The van der Waals surface area contributed by atoms with Gasteiger partial charge in [-0.1, -0.05) is 43.0 Å². The Morgan fingerprint density at radius 2 is 1.76 bits per heavy atom. The molecule has 0 radical (unpaired) electrons. The minimum Gasteiger partial charge on any atom is -0.463 e. The maximum atomic E-state index is 12.4. The molecule has 0 aliphatic rings. The first kappa shape index (κ1) is 23.9. The molecular formula is C22H29NO6. The van der Waals surface area contributed by atoms with Crippen LogP contribution >= 0.6 is 0 Å². The lowest BCUT2D eigenvalue weighted by Crippen LogP contribution is -2.36. The van der Waals surface area contributed by atoms with Gasteiger partial charge in [0.2, 0.25) is 0 Å². The van der Waals surface area contributed by atoms with Crippen LogP contribution in [0.15, 0.2) is 54.8 Å². The van der Waals surface area contributed by atoms with E-state index >= 15 is 0 Å². The molecule has 0 saturated heterocycles. The van der Waals surface area contributed by atoms with Crippen LogP contribution in [0, 0.1) is 0 Å². The summed E-state index contributed by atoms with van der Waals surface area (Å²) in [5.41, 5.74) is 0.339. The molecule has 0 aliphatic carbocycles. The van der Waals surface area contributed by atoms with Crippen LogP contribution in [-0.2, 0) is 30.2 Å². The lowest BCUT2D eigenvalue weighted by Gasteiger charge is -2.23. The van der Waals surface area contributed by atoms with Crippen LogP contribution in [0.1, 0.15) is 33.3 Å². The van der Waals surface area contributed by atoms with Crippen molar-refractivity contribution >= 4 is 18.0 Å². The average Bonchev–Trinajstić information content (AvgIpc) is 2.64. The van der Waals surface area contributed by atoms with Gasteiger partial charge in [-0.05, 0) is 33.3 Å². The predicted octanol–water partition coefficient (Wildman–Crippen LogP) is 3.64. The van der Waals surface area contributed by atoms with Crippen LogP contribution < -0.4 is 0 Å². The molecule has 0 aliphatic heterocycles. The van der Waals surface area contributed by atoms with Crippen LogP contribution in [0.3, 0.4) is 0 Å². The Balaban J connectivity index is 3.17. The number of benzene rings is 1. The van der Waals surface area contributed by atoms with E-state index in [0.717, 1.165) is 10.5 Å². The smallest absolute Gasteiger partial charge is 0.414 e. The maximum absolute atomic E-state index is 12.4. The minimum absolute atomic E-state index is 0.0368. The number of nitrogens with zero attached hydrogens (tertiary/aromatic N) is 1. The van der Waals surface area contributed by atoms with Gasteiger partial charge in [0.25, 0.3) is 0 Å². The van der Waals surface area contributed by atoms with Crippen LogP contribution in [0.5, 0.6) is 0 Å². The SMILES string of the molecule is C=CCOC(=O)N(C=C(Cc1ccccc1)C(=O)OCC)CC(=O)OC(C)(C)C. The normalized spacial score (nSPS) is 11.4. The summed E-state index contributed by atoms with van der Waals surface area (Å²) >= 11 is 0. The summed E-state index contributed by atoms with van der Waals surface area (Å²) in [7, 11) is 0. The fourth-order valence-corrected chi connectivity index (χ4v) is 2.29. The molecule has 0 bridgehead atoms. The Hall–Kier alpha value is -3.09. The average molecular weight is 403 g/mol. The van der Waals surface area contributed by atoms with Crippen LogP contribution in [0.2, 0.25) is 0 Å². The van der Waals surface area contributed by atoms with E-state index < -0.39 is 30.2 Å². The molecule has 0 atom stereocenters. The summed E-state index contributed by atoms with van der Waals surface area (Å²) in [6.45, 7) is 10.1. The number of ether oxygens (including phenoxy) is 3. The van der Waals surface area contributed by atoms with Crippen molar-refractivity contribution in [2.75, 3.05) is 19.8 Å². The number of amides is 1. The molecule has 29 heavy (non-hydrogen) atoms. The fraction of sp³-hybridized carbons (Fsp3) is 0.409. The standard InChI is InChI=1S/C22H29NO6/c1-6-13-28-21(26)23(16-19(24)29-22(3,4)5)15-18(20(25)27-7-2)14-17-11-9-8-10-12-17/h6,8-12,15H,1,7,13-14,16H2,2-5H3. The number of hydrogen-bond acceptors (Lipinski definition) is 6. The third-order valence-electron chi connectivity index (χ3n) is 3.37. The van der Waals surface area contributed by atoms with Gasteiger partial charge in [-0.25, -0.2) is 9.59 Å². The molecule has 0 fully saturated rings. The second-order valence-electron chi connectivity index (χ2n) is 7.12. The van der Waals surface area contributed by atoms with Gasteiger partial charge in [0.15, 0.2) is 0 Å². The highest BCUT2D eigenvalue weighted by Gasteiger charge is 2.24. The molecule has 1 aromatic carbocycles. The van der Waals surface area contributed by atoms with E-state index in [0.29, 0.717) is 0 Å². The summed E-state index contributed by atoms with van der Waals surface area (Å²) in [5, 5.41) is 0. The molecule has 1 rings (SSSR count). The molecule has 1 aromatic rings. The van der Waals surface area contributed by atoms with E-state index in [1.54, 1.807) is 27.7 Å². The number of hydrogen-bond donors (Lipinski definition) is 0. The fourth-order valence-electron chi connectivity index (χ4n) is 2.29. The molecule has 7 nitrogen and oxygen atoms in total. The summed E-state index contributed by atoms with van der Waals surface area (Å²) < 4.78 is 15.4. The van der Waals surface area contributed by atoms with Crippen molar-refractivity contribution in [3.63, 3.8) is 0 Å². The van der Waals surface area contributed by atoms with Crippen molar-refractivity contribution in [2.24, 2.45) is 0 Å². The van der Waals surface area contributed by atoms with Crippen LogP contribution in [0.4, 0.5) is 4.79 Å². The van der Waals surface area contributed by atoms with Gasteiger partial charge in [0, 0.05) is 12.6 Å². The van der Waals surface area contributed by atoms with Gasteiger partial charge in [-0.2, -0.15) is 0 Å². The third kappa shape index (κ3) is 9.60. The quantitative estimate of drug-likeness (QED) is 0.271. The van der Waals surface area contributed by atoms with Crippen LogP contribution in [0.25, 0.3) is 0 Å². The summed E-state index contributed by atoms with van der Waals surface area (Å²) in [5.74, 6) is -1.21. The minimum atomic E-state index is -0.800. The summed E-state index contributed by atoms with van der Waals surface area (Å²) in [4.78, 5) is 38.1. The molecule has 0 aromatic heterocycles. The van der Waals surface area contributed by atoms with Crippen LogP contribution in [-0.4, -0.2) is 48.3 Å². The molecule has 0 saturated carbocycles. The lowest BCUT2D eigenvalue weighted by molar-refractivity contribution is -0.155. The Labute approximate surface area is 171 Å². The van der Waals surface area contributed by atoms with Crippen molar-refractivity contribution in [3.05, 3.63) is 60.3 Å². The molecular weight excluding hydrogens is 374 g/mol. The zero-order valence-electron chi connectivity index (χ0n) is 17.5. The topological polar surface area (TPSA) is 82.1 Å². The van der Waals surface area contributed by atoms with Gasteiger partial charge in [-0.15, -0.1) is 0 Å². The molecule has 1 amide bonds. The molecule has 0 heterocycles. The molecule has 0 unspecified atom stereocenters. The van der Waals surface area contributed by atoms with E-state index in [4.69, 9.17) is 14.2 Å². The predicted molar refractivity (Wildman–Crippen MR) is 109 cm³/mol. The number of esters is 2. The van der Waals surface area contributed by atoms with Crippen molar-refractivity contribution in [2.45, 2.75) is 39.7 Å². The van der Waals surface area contributed by atoms with E-state index in [2.05, 4.69) is 6.58 Å². The van der Waals surface area contributed by atoms with Crippen molar-refractivity contribution in [3.8, 4) is 0 Å². The lowest BCUT2D eigenvalue weighted by atomic mass is 10.1. The highest BCUT2D eigenvalue weighted by Crippen LogP contribution is 2.13. The maximum Gasteiger partial charge on any atom is 0.414 e. The van der Waals surface area contributed by atoms with E-state index in [-0.39, 0.29) is 25.2 Å². The molecule has 0 spiro atoms. The Morgan fingerprint density at radius 3 is 2.31 bits per heavy atom. The molecule has 7 heteroatoms. The Bertz CT molecular complexity index is 733. The zero-order valence-corrected chi connectivity index (χ0v) is 17.5. The van der Waals surface area contributed by atoms with E-state index in [9.17, 15) is 14.4 Å². The van der Waals surface area contributed by atoms with Gasteiger partial charge in [0.1, 0.15) is 18.8 Å². The second-order valence-corrected chi connectivity index (χ2v) is 7.12. The largest absolute Gasteiger partial charge is 0.463 e. The summed E-state index contributed by atoms with van der Waals surface area (Å²) in [6.07, 6.45) is 2.11. The van der Waals surface area contributed by atoms with Gasteiger partial charge in [0.05, 0.1) is 12.2 Å². The van der Waals surface area contributed by atoms with Gasteiger partial charge in [-0.3, -0.25) is 9.69 Å². The zero-order chi connectivity index (χ0) is 21.9. The summed E-state index contributed by atoms with van der Waals surface area (Å²) in [6, 6.07) is 9.24. The molecule has 0 N–H and O–H groups in total. The van der Waals surface area contributed by atoms with E-state index in [1.807, 2.05) is 30.3 Å². The first-order chi connectivity index (χ1) is 13.7. The number of carbonyl (C=O) groups excluding carboxylic acids is 3. The first-order valence-electron chi connectivity index (χ1n) is 9.34.